The monoisotopic (exact) mass is 301 g/mol. The molecule has 2 aromatic rings. The van der Waals surface area contributed by atoms with Crippen molar-refractivity contribution in [1.82, 2.24) is 9.97 Å². The molecule has 0 aliphatic rings. The number of nitro groups is 1. The highest BCUT2D eigenvalue weighted by molar-refractivity contribution is 14.1. The summed E-state index contributed by atoms with van der Waals surface area (Å²) in [7, 11) is 0. The van der Waals surface area contributed by atoms with Crippen LogP contribution < -0.4 is 0 Å². The molecule has 0 aliphatic heterocycles. The molecule has 6 heteroatoms. The summed E-state index contributed by atoms with van der Waals surface area (Å²) in [6, 6.07) is 3.09. The number of aromatic nitrogens is 2. The average Bonchev–Trinajstić information content (AvgIpc) is 2.16. The molecular formula is C8H4IN3O2. The summed E-state index contributed by atoms with van der Waals surface area (Å²) < 4.78 is 0.570. The molecule has 0 aliphatic carbocycles. The van der Waals surface area contributed by atoms with Crippen LogP contribution >= 0.6 is 22.6 Å². The summed E-state index contributed by atoms with van der Waals surface area (Å²) in [6.45, 7) is 0. The molecule has 1 aromatic carbocycles. The largest absolute Gasteiger partial charge is 0.284 e. The van der Waals surface area contributed by atoms with Crippen molar-refractivity contribution in [3.63, 3.8) is 0 Å². The topological polar surface area (TPSA) is 68.9 Å². The second-order valence-corrected chi connectivity index (χ2v) is 3.77. The Kier molecular flexibility index (Phi) is 2.28. The average molecular weight is 301 g/mol. The first-order valence-electron chi connectivity index (χ1n) is 3.73. The van der Waals surface area contributed by atoms with E-state index in [4.69, 9.17) is 0 Å². The Morgan fingerprint density at radius 1 is 1.21 bits per heavy atom. The number of fused-ring (bicyclic) bond motifs is 1. The van der Waals surface area contributed by atoms with Gasteiger partial charge in [0.05, 0.1) is 19.5 Å². The molecular weight excluding hydrogens is 297 g/mol. The predicted octanol–water partition coefficient (Wildman–Crippen LogP) is 2.14. The van der Waals surface area contributed by atoms with Crippen LogP contribution in [-0.4, -0.2) is 14.9 Å². The van der Waals surface area contributed by atoms with Gasteiger partial charge in [0.1, 0.15) is 0 Å². The van der Waals surface area contributed by atoms with Crippen LogP contribution in [0.2, 0.25) is 0 Å². The third kappa shape index (κ3) is 1.52. The Bertz CT molecular complexity index is 515. The fourth-order valence-corrected chi connectivity index (χ4v) is 1.76. The van der Waals surface area contributed by atoms with Crippen LogP contribution in [-0.2, 0) is 0 Å². The Balaban J connectivity index is 2.77. The fourth-order valence-electron chi connectivity index (χ4n) is 1.11. The molecule has 0 unspecified atom stereocenters. The summed E-state index contributed by atoms with van der Waals surface area (Å²) in [5, 5.41) is 10.6. The minimum atomic E-state index is -0.421. The van der Waals surface area contributed by atoms with E-state index in [0.717, 1.165) is 0 Å². The van der Waals surface area contributed by atoms with E-state index in [1.807, 2.05) is 22.6 Å². The van der Waals surface area contributed by atoms with Gasteiger partial charge in [-0.1, -0.05) is 0 Å². The van der Waals surface area contributed by atoms with Crippen LogP contribution in [0.3, 0.4) is 0 Å². The molecule has 0 spiro atoms. The van der Waals surface area contributed by atoms with Gasteiger partial charge in [-0.05, 0) is 28.7 Å². The minimum absolute atomic E-state index is 0.0681. The van der Waals surface area contributed by atoms with E-state index in [9.17, 15) is 10.1 Å². The molecule has 0 bridgehead atoms. The van der Waals surface area contributed by atoms with Gasteiger partial charge in [0.15, 0.2) is 0 Å². The lowest BCUT2D eigenvalue weighted by Crippen LogP contribution is -1.93. The second-order valence-electron chi connectivity index (χ2n) is 2.61. The number of benzene rings is 1. The van der Waals surface area contributed by atoms with Gasteiger partial charge in [-0.15, -0.1) is 0 Å². The number of hydrogen-bond acceptors (Lipinski definition) is 4. The second kappa shape index (κ2) is 3.45. The van der Waals surface area contributed by atoms with Crippen molar-refractivity contribution < 1.29 is 4.92 Å². The summed E-state index contributed by atoms with van der Waals surface area (Å²) >= 11 is 1.91. The molecule has 0 radical (unpaired) electrons. The van der Waals surface area contributed by atoms with Crippen LogP contribution in [0.4, 0.5) is 5.69 Å². The number of rotatable bonds is 1. The molecule has 14 heavy (non-hydrogen) atoms. The van der Waals surface area contributed by atoms with Crippen molar-refractivity contribution in [1.29, 1.82) is 0 Å². The summed E-state index contributed by atoms with van der Waals surface area (Å²) in [6.07, 6.45) is 3.07. The maximum absolute atomic E-state index is 10.6. The van der Waals surface area contributed by atoms with Gasteiger partial charge in [0.2, 0.25) is 0 Å². The van der Waals surface area contributed by atoms with E-state index < -0.39 is 4.92 Å². The van der Waals surface area contributed by atoms with Gasteiger partial charge in [0.25, 0.3) is 5.69 Å². The highest BCUT2D eigenvalue weighted by Gasteiger charge is 2.13. The van der Waals surface area contributed by atoms with E-state index in [-0.39, 0.29) is 5.69 Å². The van der Waals surface area contributed by atoms with Crippen molar-refractivity contribution in [2.24, 2.45) is 0 Å². The molecule has 0 saturated heterocycles. The zero-order chi connectivity index (χ0) is 10.1. The normalized spacial score (nSPS) is 10.4. The minimum Gasteiger partial charge on any atom is -0.258 e. The molecule has 0 saturated carbocycles. The third-order valence-corrected chi connectivity index (χ3v) is 2.60. The number of nitro benzene ring substituents is 1. The summed E-state index contributed by atoms with van der Waals surface area (Å²) in [5.74, 6) is 0. The quantitative estimate of drug-likeness (QED) is 0.460. The van der Waals surface area contributed by atoms with Crippen molar-refractivity contribution in [3.05, 3.63) is 38.2 Å². The van der Waals surface area contributed by atoms with E-state index in [2.05, 4.69) is 9.97 Å². The molecule has 1 heterocycles. The first kappa shape index (κ1) is 9.25. The summed E-state index contributed by atoms with van der Waals surface area (Å²) in [5.41, 5.74) is 1.28. The number of nitrogens with zero attached hydrogens (tertiary/aromatic N) is 3. The first-order valence-corrected chi connectivity index (χ1v) is 4.81. The standard InChI is InChI=1S/C8H4IN3O2/c9-5-3-6-7(11-2-1-10-6)4-8(5)12(13)14/h1-4H. The first-order chi connectivity index (χ1) is 6.68. The van der Waals surface area contributed by atoms with Crippen LogP contribution in [0, 0.1) is 13.7 Å². The highest BCUT2D eigenvalue weighted by Crippen LogP contribution is 2.24. The van der Waals surface area contributed by atoms with Gasteiger partial charge < -0.3 is 0 Å². The Labute approximate surface area is 92.5 Å². The van der Waals surface area contributed by atoms with Crippen LogP contribution in [0.1, 0.15) is 0 Å². The Morgan fingerprint density at radius 3 is 2.36 bits per heavy atom. The van der Waals surface area contributed by atoms with Crippen molar-refractivity contribution in [2.75, 3.05) is 0 Å². The predicted molar refractivity (Wildman–Crippen MR) is 58.9 cm³/mol. The zero-order valence-corrected chi connectivity index (χ0v) is 9.00. The molecule has 1 aromatic heterocycles. The molecule has 0 amide bonds. The third-order valence-electron chi connectivity index (χ3n) is 1.73. The maximum atomic E-state index is 10.6. The Hall–Kier alpha value is -1.31. The van der Waals surface area contributed by atoms with Gasteiger partial charge in [-0.3, -0.25) is 20.1 Å². The molecule has 0 N–H and O–H groups in total. The van der Waals surface area contributed by atoms with E-state index >= 15 is 0 Å². The van der Waals surface area contributed by atoms with Crippen molar-refractivity contribution in [2.45, 2.75) is 0 Å². The van der Waals surface area contributed by atoms with Gasteiger partial charge in [-0.25, -0.2) is 0 Å². The lowest BCUT2D eigenvalue weighted by atomic mass is 10.3. The molecule has 5 nitrogen and oxygen atoms in total. The highest BCUT2D eigenvalue weighted by atomic mass is 127. The number of hydrogen-bond donors (Lipinski definition) is 0. The zero-order valence-electron chi connectivity index (χ0n) is 6.85. The van der Waals surface area contributed by atoms with Crippen LogP contribution in [0.15, 0.2) is 24.5 Å². The lowest BCUT2D eigenvalue weighted by Gasteiger charge is -1.97. The van der Waals surface area contributed by atoms with Crippen LogP contribution in [0.25, 0.3) is 11.0 Å². The fraction of sp³-hybridized carbons (Fsp3) is 0. The van der Waals surface area contributed by atoms with Gasteiger partial charge >= 0.3 is 0 Å². The Morgan fingerprint density at radius 2 is 1.79 bits per heavy atom. The smallest absolute Gasteiger partial charge is 0.258 e. The SMILES string of the molecule is O=[N+]([O-])c1cc2nccnc2cc1I. The molecule has 0 fully saturated rings. The molecule has 2 rings (SSSR count). The van der Waals surface area contributed by atoms with E-state index in [0.29, 0.717) is 14.6 Å². The summed E-state index contributed by atoms with van der Waals surface area (Å²) in [4.78, 5) is 18.2. The van der Waals surface area contributed by atoms with Gasteiger partial charge in [0, 0.05) is 18.5 Å². The molecule has 0 atom stereocenters. The van der Waals surface area contributed by atoms with Crippen molar-refractivity contribution in [3.8, 4) is 0 Å². The lowest BCUT2D eigenvalue weighted by molar-refractivity contribution is -0.385. The molecule has 70 valence electrons. The number of halogens is 1. The van der Waals surface area contributed by atoms with Crippen molar-refractivity contribution >= 4 is 39.3 Å². The maximum Gasteiger partial charge on any atom is 0.284 e. The van der Waals surface area contributed by atoms with Gasteiger partial charge in [-0.2, -0.15) is 0 Å². The van der Waals surface area contributed by atoms with E-state index in [1.54, 1.807) is 12.3 Å². The van der Waals surface area contributed by atoms with E-state index in [1.165, 1.54) is 12.3 Å². The van der Waals surface area contributed by atoms with Crippen LogP contribution in [0.5, 0.6) is 0 Å².